The van der Waals surface area contributed by atoms with Gasteiger partial charge in [0.25, 0.3) is 0 Å². The summed E-state index contributed by atoms with van der Waals surface area (Å²) in [6.07, 6.45) is 0.377. The van der Waals surface area contributed by atoms with Crippen LogP contribution in [0.25, 0.3) is 0 Å². The van der Waals surface area contributed by atoms with Crippen LogP contribution < -0.4 is 4.52 Å². The Labute approximate surface area is 110 Å². The van der Waals surface area contributed by atoms with Gasteiger partial charge in [0, 0.05) is 0 Å². The Kier molecular flexibility index (Phi) is 5.01. The van der Waals surface area contributed by atoms with Gasteiger partial charge in [0.2, 0.25) is 0 Å². The standard InChI is InChI=1S/C14H23O3P/c1-6-16-18(15,7-2)17-13-10-8-12(9-11-13)14(3,4)5/h8-11H,6-7H2,1-5H3. The second-order valence-electron chi connectivity index (χ2n) is 5.21. The molecule has 0 bridgehead atoms. The maximum absolute atomic E-state index is 12.2. The van der Waals surface area contributed by atoms with Gasteiger partial charge in [-0.25, -0.2) is 4.57 Å². The maximum Gasteiger partial charge on any atom is 0.378 e. The Morgan fingerprint density at radius 1 is 1.11 bits per heavy atom. The van der Waals surface area contributed by atoms with Crippen molar-refractivity contribution in [3.05, 3.63) is 29.8 Å². The Morgan fingerprint density at radius 2 is 1.67 bits per heavy atom. The lowest BCUT2D eigenvalue weighted by Crippen LogP contribution is -2.10. The lowest BCUT2D eigenvalue weighted by Gasteiger charge is -2.20. The third kappa shape index (κ3) is 4.15. The topological polar surface area (TPSA) is 35.5 Å². The van der Waals surface area contributed by atoms with E-state index in [-0.39, 0.29) is 5.41 Å². The minimum absolute atomic E-state index is 0.104. The van der Waals surface area contributed by atoms with Gasteiger partial charge in [0.1, 0.15) is 5.75 Å². The number of hydrogen-bond donors (Lipinski definition) is 0. The van der Waals surface area contributed by atoms with Crippen molar-refractivity contribution in [3.8, 4) is 5.75 Å². The van der Waals surface area contributed by atoms with Gasteiger partial charge in [0.15, 0.2) is 0 Å². The first-order chi connectivity index (χ1) is 8.30. The first-order valence-corrected chi connectivity index (χ1v) is 8.07. The second-order valence-corrected chi connectivity index (χ2v) is 7.51. The molecule has 0 radical (unpaired) electrons. The van der Waals surface area contributed by atoms with Crippen LogP contribution in [0.3, 0.4) is 0 Å². The predicted molar refractivity (Wildman–Crippen MR) is 75.5 cm³/mol. The minimum Gasteiger partial charge on any atom is -0.424 e. The third-order valence-corrected chi connectivity index (χ3v) is 4.59. The number of rotatable bonds is 5. The van der Waals surface area contributed by atoms with E-state index in [4.69, 9.17) is 9.05 Å². The summed E-state index contributed by atoms with van der Waals surface area (Å²) < 4.78 is 22.9. The van der Waals surface area contributed by atoms with Crippen molar-refractivity contribution in [1.82, 2.24) is 0 Å². The van der Waals surface area contributed by atoms with Crippen molar-refractivity contribution < 1.29 is 13.6 Å². The molecular formula is C14H23O3P. The molecule has 1 aromatic rings. The number of benzene rings is 1. The van der Waals surface area contributed by atoms with Gasteiger partial charge in [-0.05, 0) is 30.0 Å². The first-order valence-electron chi connectivity index (χ1n) is 6.34. The van der Waals surface area contributed by atoms with Gasteiger partial charge in [-0.3, -0.25) is 0 Å². The summed E-state index contributed by atoms with van der Waals surface area (Å²) in [7, 11) is -2.98. The normalized spacial score (nSPS) is 15.2. The van der Waals surface area contributed by atoms with Crippen molar-refractivity contribution in [2.75, 3.05) is 12.8 Å². The molecule has 0 saturated carbocycles. The van der Waals surface area contributed by atoms with Crippen LogP contribution in [0.2, 0.25) is 0 Å². The molecule has 0 heterocycles. The van der Waals surface area contributed by atoms with Crippen LogP contribution in [0.5, 0.6) is 5.75 Å². The highest BCUT2D eigenvalue weighted by Crippen LogP contribution is 2.47. The Morgan fingerprint density at radius 3 is 2.06 bits per heavy atom. The van der Waals surface area contributed by atoms with Gasteiger partial charge in [-0.15, -0.1) is 0 Å². The summed E-state index contributed by atoms with van der Waals surface area (Å²) in [6.45, 7) is 10.5. The molecule has 102 valence electrons. The zero-order valence-electron chi connectivity index (χ0n) is 11.9. The molecular weight excluding hydrogens is 247 g/mol. The van der Waals surface area contributed by atoms with E-state index in [1.165, 1.54) is 5.56 Å². The van der Waals surface area contributed by atoms with Crippen LogP contribution in [-0.2, 0) is 14.5 Å². The zero-order valence-corrected chi connectivity index (χ0v) is 12.8. The molecule has 0 amide bonds. The monoisotopic (exact) mass is 270 g/mol. The molecule has 0 aliphatic heterocycles. The molecule has 18 heavy (non-hydrogen) atoms. The lowest BCUT2D eigenvalue weighted by atomic mass is 9.87. The van der Waals surface area contributed by atoms with Crippen LogP contribution in [0.1, 0.15) is 40.2 Å². The van der Waals surface area contributed by atoms with Crippen molar-refractivity contribution in [1.29, 1.82) is 0 Å². The van der Waals surface area contributed by atoms with E-state index in [9.17, 15) is 4.57 Å². The summed E-state index contributed by atoms with van der Waals surface area (Å²) in [5.74, 6) is 0.599. The summed E-state index contributed by atoms with van der Waals surface area (Å²) in [5.41, 5.74) is 1.32. The van der Waals surface area contributed by atoms with Crippen LogP contribution >= 0.6 is 7.60 Å². The van der Waals surface area contributed by atoms with E-state index in [1.54, 1.807) is 6.92 Å². The SMILES string of the molecule is CCOP(=O)(CC)Oc1ccc(C(C)(C)C)cc1. The third-order valence-electron chi connectivity index (χ3n) is 2.68. The molecule has 0 spiro atoms. The van der Waals surface area contributed by atoms with E-state index >= 15 is 0 Å². The minimum atomic E-state index is -2.98. The average molecular weight is 270 g/mol. The van der Waals surface area contributed by atoms with Crippen LogP contribution in [0, 0.1) is 0 Å². The molecule has 1 atom stereocenters. The average Bonchev–Trinajstić information content (AvgIpc) is 2.29. The highest BCUT2D eigenvalue weighted by molar-refractivity contribution is 7.54. The highest BCUT2D eigenvalue weighted by Gasteiger charge is 2.23. The summed E-state index contributed by atoms with van der Waals surface area (Å²) >= 11 is 0. The van der Waals surface area contributed by atoms with E-state index < -0.39 is 7.60 Å². The predicted octanol–water partition coefficient (Wildman–Crippen LogP) is 4.61. The van der Waals surface area contributed by atoms with E-state index in [2.05, 4.69) is 20.8 Å². The first kappa shape index (κ1) is 15.3. The molecule has 0 N–H and O–H groups in total. The van der Waals surface area contributed by atoms with E-state index in [1.807, 2.05) is 31.2 Å². The molecule has 0 fully saturated rings. The maximum atomic E-state index is 12.2. The zero-order chi connectivity index (χ0) is 13.8. The quantitative estimate of drug-likeness (QED) is 0.733. The smallest absolute Gasteiger partial charge is 0.378 e. The molecule has 0 aliphatic carbocycles. The fraction of sp³-hybridized carbons (Fsp3) is 0.571. The molecule has 0 aliphatic rings. The van der Waals surface area contributed by atoms with Crippen molar-refractivity contribution >= 4 is 7.60 Å². The van der Waals surface area contributed by atoms with Gasteiger partial charge in [-0.2, -0.15) is 0 Å². The van der Waals surface area contributed by atoms with Gasteiger partial charge in [0.05, 0.1) is 12.8 Å². The Bertz CT molecular complexity index is 418. The van der Waals surface area contributed by atoms with Crippen molar-refractivity contribution in [2.24, 2.45) is 0 Å². The molecule has 1 aromatic carbocycles. The summed E-state index contributed by atoms with van der Waals surface area (Å²) in [5, 5.41) is 0. The van der Waals surface area contributed by atoms with E-state index in [0.29, 0.717) is 18.5 Å². The Hall–Kier alpha value is -0.790. The number of hydrogen-bond acceptors (Lipinski definition) is 3. The van der Waals surface area contributed by atoms with Crippen LogP contribution in [0.4, 0.5) is 0 Å². The van der Waals surface area contributed by atoms with E-state index in [0.717, 1.165) is 0 Å². The lowest BCUT2D eigenvalue weighted by molar-refractivity contribution is 0.280. The fourth-order valence-electron chi connectivity index (χ4n) is 1.56. The highest BCUT2D eigenvalue weighted by atomic mass is 31.2. The Balaban J connectivity index is 2.84. The van der Waals surface area contributed by atoms with Crippen LogP contribution in [0.15, 0.2) is 24.3 Å². The summed E-state index contributed by atoms with van der Waals surface area (Å²) in [4.78, 5) is 0. The van der Waals surface area contributed by atoms with Crippen LogP contribution in [-0.4, -0.2) is 12.8 Å². The molecule has 0 saturated heterocycles. The molecule has 0 aromatic heterocycles. The molecule has 1 unspecified atom stereocenters. The molecule has 3 nitrogen and oxygen atoms in total. The van der Waals surface area contributed by atoms with Crippen molar-refractivity contribution in [2.45, 2.75) is 40.0 Å². The fourth-order valence-corrected chi connectivity index (χ4v) is 2.76. The van der Waals surface area contributed by atoms with Gasteiger partial charge < -0.3 is 9.05 Å². The second kappa shape index (κ2) is 5.90. The largest absolute Gasteiger partial charge is 0.424 e. The molecule has 1 rings (SSSR count). The summed E-state index contributed by atoms with van der Waals surface area (Å²) in [6, 6.07) is 7.70. The van der Waals surface area contributed by atoms with Gasteiger partial charge >= 0.3 is 7.60 Å². The van der Waals surface area contributed by atoms with Crippen molar-refractivity contribution in [3.63, 3.8) is 0 Å². The van der Waals surface area contributed by atoms with Gasteiger partial charge in [-0.1, -0.05) is 39.8 Å². The molecule has 4 heteroatoms.